The summed E-state index contributed by atoms with van der Waals surface area (Å²) in [7, 11) is 1.99. The topological polar surface area (TPSA) is 72.7 Å². The first-order valence-electron chi connectivity index (χ1n) is 11.3. The summed E-state index contributed by atoms with van der Waals surface area (Å²) in [6, 6.07) is 4.42. The van der Waals surface area contributed by atoms with E-state index in [4.69, 9.17) is 14.5 Å². The van der Waals surface area contributed by atoms with Crippen molar-refractivity contribution in [3.8, 4) is 11.5 Å². The Kier molecular flexibility index (Phi) is 9.66. The summed E-state index contributed by atoms with van der Waals surface area (Å²) in [4.78, 5) is 4.84. The van der Waals surface area contributed by atoms with Crippen molar-refractivity contribution >= 4 is 29.9 Å². The molecule has 0 saturated heterocycles. The second kappa shape index (κ2) is 11.8. The number of hydrogen-bond acceptors (Lipinski definition) is 4. The normalized spacial score (nSPS) is 16.1. The summed E-state index contributed by atoms with van der Waals surface area (Å²) >= 11 is 0. The van der Waals surface area contributed by atoms with Crippen LogP contribution in [0.5, 0.6) is 11.5 Å². The van der Waals surface area contributed by atoms with Crippen LogP contribution in [0.1, 0.15) is 55.8 Å². The molecule has 1 aromatic carbocycles. The number of aromatic nitrogens is 2. The van der Waals surface area contributed by atoms with Crippen LogP contribution >= 0.6 is 24.0 Å². The van der Waals surface area contributed by atoms with Crippen molar-refractivity contribution in [3.05, 3.63) is 40.2 Å². The molecule has 0 spiro atoms. The summed E-state index contributed by atoms with van der Waals surface area (Å²) in [5, 5.41) is 11.4. The highest BCUT2D eigenvalue weighted by molar-refractivity contribution is 14.0. The second-order valence-electron chi connectivity index (χ2n) is 8.35. The lowest BCUT2D eigenvalue weighted by atomic mass is 10.1. The second-order valence-corrected chi connectivity index (χ2v) is 8.35. The molecule has 0 saturated carbocycles. The highest BCUT2D eigenvalue weighted by Crippen LogP contribution is 2.35. The number of aryl methyl sites for hydroxylation is 2. The summed E-state index contributed by atoms with van der Waals surface area (Å²) in [6.45, 7) is 14.5. The molecular formula is C24H38IN5O2. The quantitative estimate of drug-likeness (QED) is 0.292. The number of fused-ring (bicyclic) bond motifs is 1. The molecule has 2 heterocycles. The van der Waals surface area contributed by atoms with Gasteiger partial charge in [0, 0.05) is 42.9 Å². The molecule has 0 amide bonds. The molecule has 2 unspecified atom stereocenters. The predicted molar refractivity (Wildman–Crippen MR) is 141 cm³/mol. The molecule has 1 aliphatic heterocycles. The standard InChI is InChI=1S/C24H37N5O2.HI/c1-8-25-24(27-15(3)10-21-17(5)28-29(7)18(21)6)26-14-20-13-23-19(11-16(4)31-23)12-22(20)30-9-2;/h12-13,15-16H,8-11,14H2,1-7H3,(H2,25,26,27);1H. The molecule has 7 nitrogen and oxygen atoms in total. The van der Waals surface area contributed by atoms with Crippen LogP contribution < -0.4 is 20.1 Å². The molecule has 0 bridgehead atoms. The largest absolute Gasteiger partial charge is 0.494 e. The fourth-order valence-electron chi connectivity index (χ4n) is 4.08. The molecule has 3 rings (SSSR count). The monoisotopic (exact) mass is 555 g/mol. The van der Waals surface area contributed by atoms with E-state index in [1.165, 1.54) is 16.8 Å². The molecule has 2 N–H and O–H groups in total. The Labute approximate surface area is 209 Å². The zero-order chi connectivity index (χ0) is 22.5. The Balaban J connectivity index is 0.00000363. The SMILES string of the molecule is CCNC(=NCc1cc2c(cc1OCC)CC(C)O2)NC(C)Cc1c(C)nn(C)c1C.I. The number of guanidine groups is 1. The zero-order valence-corrected chi connectivity index (χ0v) is 22.7. The highest BCUT2D eigenvalue weighted by atomic mass is 127. The van der Waals surface area contributed by atoms with Gasteiger partial charge < -0.3 is 20.1 Å². The lowest BCUT2D eigenvalue weighted by molar-refractivity contribution is 0.254. The molecule has 2 aromatic rings. The third-order valence-electron chi connectivity index (χ3n) is 5.68. The minimum Gasteiger partial charge on any atom is -0.494 e. The van der Waals surface area contributed by atoms with Gasteiger partial charge in [0.25, 0.3) is 0 Å². The van der Waals surface area contributed by atoms with Crippen LogP contribution in [-0.2, 0) is 26.4 Å². The summed E-state index contributed by atoms with van der Waals surface area (Å²) in [6.07, 6.45) is 2.03. The first-order chi connectivity index (χ1) is 14.8. The van der Waals surface area contributed by atoms with E-state index < -0.39 is 0 Å². The maximum Gasteiger partial charge on any atom is 0.191 e. The molecule has 1 aliphatic rings. The molecule has 0 fully saturated rings. The van der Waals surface area contributed by atoms with Crippen molar-refractivity contribution in [3.63, 3.8) is 0 Å². The number of aliphatic imine (C=N–C) groups is 1. The van der Waals surface area contributed by atoms with Crippen LogP contribution in [0.15, 0.2) is 17.1 Å². The van der Waals surface area contributed by atoms with Gasteiger partial charge in [0.2, 0.25) is 0 Å². The third-order valence-corrected chi connectivity index (χ3v) is 5.68. The van der Waals surface area contributed by atoms with Crippen molar-refractivity contribution < 1.29 is 9.47 Å². The van der Waals surface area contributed by atoms with Crippen molar-refractivity contribution in [2.45, 2.75) is 73.1 Å². The number of rotatable bonds is 8. The number of hydrogen-bond donors (Lipinski definition) is 2. The molecule has 32 heavy (non-hydrogen) atoms. The minimum absolute atomic E-state index is 0. The lowest BCUT2D eigenvalue weighted by Gasteiger charge is -2.18. The molecule has 2 atom stereocenters. The number of ether oxygens (including phenoxy) is 2. The van der Waals surface area contributed by atoms with Gasteiger partial charge in [0.05, 0.1) is 18.8 Å². The molecule has 0 radical (unpaired) electrons. The van der Waals surface area contributed by atoms with Gasteiger partial charge in [-0.2, -0.15) is 5.10 Å². The van der Waals surface area contributed by atoms with E-state index in [1.807, 2.05) is 18.7 Å². The van der Waals surface area contributed by atoms with Crippen LogP contribution in [-0.4, -0.2) is 41.0 Å². The van der Waals surface area contributed by atoms with E-state index in [0.717, 1.165) is 48.1 Å². The van der Waals surface area contributed by atoms with E-state index >= 15 is 0 Å². The maximum atomic E-state index is 5.95. The van der Waals surface area contributed by atoms with Gasteiger partial charge in [-0.05, 0) is 65.7 Å². The van der Waals surface area contributed by atoms with Crippen LogP contribution in [0, 0.1) is 13.8 Å². The average Bonchev–Trinajstić information content (AvgIpc) is 3.18. The fraction of sp³-hybridized carbons (Fsp3) is 0.583. The Morgan fingerprint density at radius 1 is 1.34 bits per heavy atom. The molecule has 8 heteroatoms. The fourth-order valence-corrected chi connectivity index (χ4v) is 4.08. The Morgan fingerprint density at radius 3 is 2.72 bits per heavy atom. The third kappa shape index (κ3) is 6.30. The van der Waals surface area contributed by atoms with E-state index in [0.29, 0.717) is 13.2 Å². The van der Waals surface area contributed by atoms with Crippen LogP contribution in [0.25, 0.3) is 0 Å². The first-order valence-corrected chi connectivity index (χ1v) is 11.3. The number of nitrogens with one attached hydrogen (secondary N) is 2. The summed E-state index contributed by atoms with van der Waals surface area (Å²) in [5.41, 5.74) is 5.84. The van der Waals surface area contributed by atoms with Gasteiger partial charge >= 0.3 is 0 Å². The van der Waals surface area contributed by atoms with Gasteiger partial charge in [-0.25, -0.2) is 4.99 Å². The van der Waals surface area contributed by atoms with Crippen molar-refractivity contribution in [2.24, 2.45) is 12.0 Å². The Morgan fingerprint density at radius 2 is 2.09 bits per heavy atom. The van der Waals surface area contributed by atoms with Gasteiger partial charge in [-0.15, -0.1) is 24.0 Å². The van der Waals surface area contributed by atoms with E-state index in [9.17, 15) is 0 Å². The average molecular weight is 556 g/mol. The maximum absolute atomic E-state index is 5.95. The van der Waals surface area contributed by atoms with Gasteiger partial charge in [0.1, 0.15) is 17.6 Å². The molecule has 0 aliphatic carbocycles. The smallest absolute Gasteiger partial charge is 0.191 e. The van der Waals surface area contributed by atoms with Crippen LogP contribution in [0.2, 0.25) is 0 Å². The highest BCUT2D eigenvalue weighted by Gasteiger charge is 2.22. The number of nitrogens with zero attached hydrogens (tertiary/aromatic N) is 3. The van der Waals surface area contributed by atoms with Crippen molar-refractivity contribution in [2.75, 3.05) is 13.2 Å². The van der Waals surface area contributed by atoms with Crippen molar-refractivity contribution in [1.29, 1.82) is 0 Å². The van der Waals surface area contributed by atoms with Crippen LogP contribution in [0.3, 0.4) is 0 Å². The molecular weight excluding hydrogens is 517 g/mol. The van der Waals surface area contributed by atoms with E-state index in [2.05, 4.69) is 62.5 Å². The Hall–Kier alpha value is -1.97. The summed E-state index contributed by atoms with van der Waals surface area (Å²) < 4.78 is 13.8. The first kappa shape index (κ1) is 26.3. The summed E-state index contributed by atoms with van der Waals surface area (Å²) in [5.74, 6) is 2.65. The van der Waals surface area contributed by atoms with E-state index in [1.54, 1.807) is 0 Å². The van der Waals surface area contributed by atoms with E-state index in [-0.39, 0.29) is 36.1 Å². The zero-order valence-electron chi connectivity index (χ0n) is 20.4. The lowest BCUT2D eigenvalue weighted by Crippen LogP contribution is -2.43. The number of benzene rings is 1. The van der Waals surface area contributed by atoms with Crippen molar-refractivity contribution in [1.82, 2.24) is 20.4 Å². The number of halogens is 1. The van der Waals surface area contributed by atoms with Gasteiger partial charge in [-0.3, -0.25) is 4.68 Å². The van der Waals surface area contributed by atoms with Gasteiger partial charge in [0.15, 0.2) is 5.96 Å². The molecule has 178 valence electrons. The van der Waals surface area contributed by atoms with Crippen LogP contribution in [0.4, 0.5) is 0 Å². The Bertz CT molecular complexity index is 941. The molecule has 1 aromatic heterocycles. The predicted octanol–water partition coefficient (Wildman–Crippen LogP) is 4.06. The van der Waals surface area contributed by atoms with Gasteiger partial charge in [-0.1, -0.05) is 0 Å². The minimum atomic E-state index is 0.